The molecular formula is C52H55AuN4-. The molecule has 4 bridgehead atoms. The number of nitrogens with one attached hydrogen (secondary N) is 1. The minimum absolute atomic E-state index is 0. The Kier molecular flexibility index (Phi) is 12.1. The zero-order valence-corrected chi connectivity index (χ0v) is 36.8. The van der Waals surface area contributed by atoms with E-state index in [4.69, 9.17) is 4.98 Å². The van der Waals surface area contributed by atoms with Crippen molar-refractivity contribution in [1.29, 1.82) is 0 Å². The van der Waals surface area contributed by atoms with Crippen LogP contribution in [0.1, 0.15) is 124 Å². The van der Waals surface area contributed by atoms with Crippen molar-refractivity contribution in [2.24, 2.45) is 0 Å². The van der Waals surface area contributed by atoms with E-state index >= 15 is 0 Å². The van der Waals surface area contributed by atoms with Gasteiger partial charge in [-0.3, -0.25) is 14.1 Å². The first-order chi connectivity index (χ1) is 27.1. The predicted octanol–water partition coefficient (Wildman–Crippen LogP) is 12.6. The van der Waals surface area contributed by atoms with Crippen LogP contribution in [0, 0.1) is 12.4 Å². The molecule has 0 amide bonds. The Bertz CT molecular complexity index is 2570. The molecule has 0 atom stereocenters. The number of pyridine rings is 1. The fourth-order valence-electron chi connectivity index (χ4n) is 8.63. The van der Waals surface area contributed by atoms with Crippen molar-refractivity contribution in [2.45, 2.75) is 105 Å². The molecule has 3 aromatic heterocycles. The Labute approximate surface area is 354 Å². The molecule has 0 saturated carbocycles. The molecule has 0 unspecified atom stereocenters. The number of nitrogens with zero attached hydrogens (tertiary/aromatic N) is 3. The van der Waals surface area contributed by atoms with Crippen LogP contribution in [0.15, 0.2) is 109 Å². The first-order valence-electron chi connectivity index (χ1n) is 20.7. The van der Waals surface area contributed by atoms with Gasteiger partial charge >= 0.3 is 0 Å². The number of para-hydroxylation sites is 4. The van der Waals surface area contributed by atoms with Gasteiger partial charge in [-0.25, -0.2) is 0 Å². The third-order valence-corrected chi connectivity index (χ3v) is 11.5. The first-order valence-corrected chi connectivity index (χ1v) is 20.7. The Morgan fingerprint density at radius 1 is 0.614 bits per heavy atom. The van der Waals surface area contributed by atoms with Crippen molar-refractivity contribution >= 4 is 32.8 Å². The van der Waals surface area contributed by atoms with E-state index in [1.165, 1.54) is 83.5 Å². The van der Waals surface area contributed by atoms with Gasteiger partial charge in [-0.15, -0.1) is 5.39 Å². The van der Waals surface area contributed by atoms with Gasteiger partial charge in [0.2, 0.25) is 0 Å². The van der Waals surface area contributed by atoms with Gasteiger partial charge in [0.05, 0.1) is 22.6 Å². The molecule has 295 valence electrons. The normalized spacial score (nSPS) is 12.8. The number of aromatic nitrogens is 4. The van der Waals surface area contributed by atoms with Crippen LogP contribution in [-0.4, -0.2) is 14.5 Å². The molecule has 1 aliphatic heterocycles. The summed E-state index contributed by atoms with van der Waals surface area (Å²) in [7, 11) is 0. The largest absolute Gasteiger partial charge is 0.378 e. The average Bonchev–Trinajstić information content (AvgIpc) is 3.77. The standard InChI is InChI=1S/C40H47N3.C12H8N.Au/c1-25(2)32-14-10-15-33(26(3)4)38(32)42-24-43(39-34(27(5)6)16-11-17-35(39)28(7)8)40-36-21-19-30-13-9-12-29(22-30)18-20-31(41-36)23-37(40)42;1-3-7-11-9(5-1)10-6-2-4-8-12(10)13-11;/h9-17,22-23,25-28H,18-21H2,1-8H3;1-7,13H;/q;-1;. The zero-order chi connectivity index (χ0) is 39.1. The molecule has 0 spiro atoms. The van der Waals surface area contributed by atoms with E-state index in [9.17, 15) is 0 Å². The van der Waals surface area contributed by atoms with E-state index in [1.807, 2.05) is 18.2 Å². The number of rotatable bonds is 6. The zero-order valence-electron chi connectivity index (χ0n) is 34.7. The number of benzene rings is 5. The molecule has 1 N–H and O–H groups in total. The van der Waals surface area contributed by atoms with Crippen LogP contribution >= 0.6 is 0 Å². The molecule has 4 nitrogen and oxygen atoms in total. The number of hydrogen-bond acceptors (Lipinski definition) is 1. The molecule has 0 fully saturated rings. The summed E-state index contributed by atoms with van der Waals surface area (Å²) >= 11 is 0. The van der Waals surface area contributed by atoms with Crippen molar-refractivity contribution < 1.29 is 26.9 Å². The first kappa shape index (κ1) is 40.5. The van der Waals surface area contributed by atoms with Gasteiger partial charge in [0, 0.05) is 33.6 Å². The van der Waals surface area contributed by atoms with Crippen molar-refractivity contribution in [2.75, 3.05) is 0 Å². The van der Waals surface area contributed by atoms with E-state index < -0.39 is 0 Å². The van der Waals surface area contributed by atoms with E-state index in [0.717, 1.165) is 31.2 Å². The van der Waals surface area contributed by atoms with Crippen LogP contribution in [0.2, 0.25) is 0 Å². The van der Waals surface area contributed by atoms with Crippen LogP contribution in [0.4, 0.5) is 0 Å². The molecule has 5 aromatic carbocycles. The van der Waals surface area contributed by atoms with Gasteiger partial charge < -0.3 is 4.98 Å². The molecule has 4 heterocycles. The number of hydrogen-bond donors (Lipinski definition) is 1. The molecule has 1 radical (unpaired) electrons. The second kappa shape index (κ2) is 17.0. The van der Waals surface area contributed by atoms with Gasteiger partial charge in [-0.05, 0) is 100 Å². The fourth-order valence-corrected chi connectivity index (χ4v) is 8.63. The molecule has 57 heavy (non-hydrogen) atoms. The third-order valence-electron chi connectivity index (χ3n) is 11.5. The van der Waals surface area contributed by atoms with Crippen LogP contribution in [0.25, 0.3) is 44.2 Å². The second-order valence-electron chi connectivity index (χ2n) is 16.8. The number of aromatic amines is 1. The van der Waals surface area contributed by atoms with E-state index in [-0.39, 0.29) is 22.4 Å². The van der Waals surface area contributed by atoms with Gasteiger partial charge in [-0.2, -0.15) is 24.3 Å². The third kappa shape index (κ3) is 7.93. The number of fused-ring (bicyclic) bond motifs is 9. The van der Waals surface area contributed by atoms with E-state index in [0.29, 0.717) is 23.7 Å². The van der Waals surface area contributed by atoms with E-state index in [1.54, 1.807) is 0 Å². The Morgan fingerprint density at radius 2 is 1.19 bits per heavy atom. The Balaban J connectivity index is 0.000000297. The summed E-state index contributed by atoms with van der Waals surface area (Å²) in [6, 6.07) is 42.8. The maximum Gasteiger partial charge on any atom is 0.269 e. The average molecular weight is 933 g/mol. The fraction of sp³-hybridized carbons (Fsp3) is 0.308. The van der Waals surface area contributed by atoms with E-state index in [2.05, 4.69) is 173 Å². The Hall–Kier alpha value is -4.74. The van der Waals surface area contributed by atoms with Crippen molar-refractivity contribution in [3.8, 4) is 11.4 Å². The molecule has 9 rings (SSSR count). The summed E-state index contributed by atoms with van der Waals surface area (Å²) in [6.45, 7) is 18.5. The maximum atomic E-state index is 5.41. The summed E-state index contributed by atoms with van der Waals surface area (Å²) < 4.78 is 4.80. The maximum absolute atomic E-state index is 5.41. The summed E-state index contributed by atoms with van der Waals surface area (Å²) in [4.78, 5) is 8.74. The molecule has 5 heteroatoms. The quantitative estimate of drug-likeness (QED) is 0.101. The van der Waals surface area contributed by atoms with Gasteiger partial charge in [0.1, 0.15) is 5.52 Å². The van der Waals surface area contributed by atoms with Crippen LogP contribution in [-0.2, 0) is 48.1 Å². The molecular weight excluding hydrogens is 878 g/mol. The van der Waals surface area contributed by atoms with Gasteiger partial charge in [0.25, 0.3) is 6.33 Å². The minimum atomic E-state index is 0. The smallest absolute Gasteiger partial charge is 0.269 e. The summed E-state index contributed by atoms with van der Waals surface area (Å²) in [5, 5.41) is 2.52. The second-order valence-corrected chi connectivity index (χ2v) is 16.8. The molecule has 1 aliphatic rings. The number of H-pyrrole nitrogens is 1. The monoisotopic (exact) mass is 932 g/mol. The van der Waals surface area contributed by atoms with Crippen molar-refractivity contribution in [3.05, 3.63) is 166 Å². The molecule has 8 aromatic rings. The van der Waals surface area contributed by atoms with Gasteiger partial charge in [0.15, 0.2) is 0 Å². The van der Waals surface area contributed by atoms with Gasteiger partial charge in [-0.1, -0.05) is 140 Å². The topological polar surface area (TPSA) is 37.5 Å². The van der Waals surface area contributed by atoms with Crippen LogP contribution in [0.3, 0.4) is 0 Å². The number of imidazole rings is 1. The summed E-state index contributed by atoms with van der Waals surface area (Å²) in [5.41, 5.74) is 17.8. The summed E-state index contributed by atoms with van der Waals surface area (Å²) in [6.07, 6.45) is 7.82. The Morgan fingerprint density at radius 3 is 1.84 bits per heavy atom. The minimum Gasteiger partial charge on any atom is -0.378 e. The number of aryl methyl sites for hydroxylation is 4. The SMILES string of the molecule is CC(C)c1cccc(C(C)C)c1-n1[c-][n+](-c2c(C(C)C)cccc2C(C)C)c2cc3nc(c21)CCc1cccc(c1)CC3.[Au].[c-]1cccc2c1[nH]c1ccccc12. The summed E-state index contributed by atoms with van der Waals surface area (Å²) in [5.74, 6) is 1.54. The van der Waals surface area contributed by atoms with Crippen LogP contribution < -0.4 is 4.57 Å². The van der Waals surface area contributed by atoms with Crippen molar-refractivity contribution in [1.82, 2.24) is 14.5 Å². The predicted molar refractivity (Wildman–Crippen MR) is 234 cm³/mol. The molecule has 0 aliphatic carbocycles. The molecule has 0 saturated heterocycles. The van der Waals surface area contributed by atoms with Crippen LogP contribution in [0.5, 0.6) is 0 Å². The van der Waals surface area contributed by atoms with Crippen molar-refractivity contribution in [3.63, 3.8) is 0 Å².